The molecule has 0 aliphatic heterocycles. The Kier molecular flexibility index (Phi) is 7.13. The van der Waals surface area contributed by atoms with Gasteiger partial charge in [0.05, 0.1) is 29.4 Å². The summed E-state index contributed by atoms with van der Waals surface area (Å²) in [6.45, 7) is 5.43. The first-order chi connectivity index (χ1) is 14.8. The molecule has 1 heterocycles. The van der Waals surface area contributed by atoms with Crippen molar-refractivity contribution >= 4 is 21.4 Å². The van der Waals surface area contributed by atoms with Crippen LogP contribution < -0.4 is 15.4 Å². The van der Waals surface area contributed by atoms with Crippen molar-refractivity contribution < 1.29 is 17.7 Å². The van der Waals surface area contributed by atoms with E-state index in [1.165, 1.54) is 18.4 Å². The van der Waals surface area contributed by atoms with Gasteiger partial charge < -0.3 is 19.9 Å². The highest BCUT2D eigenvalue weighted by Crippen LogP contribution is 2.27. The van der Waals surface area contributed by atoms with Gasteiger partial charge in [0, 0.05) is 26.2 Å². The third-order valence-electron chi connectivity index (χ3n) is 4.46. The molecule has 0 aliphatic rings. The first-order valence-electron chi connectivity index (χ1n) is 9.95. The van der Waals surface area contributed by atoms with Gasteiger partial charge in [-0.15, -0.1) is 0 Å². The van der Waals surface area contributed by atoms with Crippen molar-refractivity contribution in [2.75, 3.05) is 37.9 Å². The monoisotopic (exact) mass is 445 g/mol. The molecule has 0 fully saturated rings. The van der Waals surface area contributed by atoms with Crippen LogP contribution in [0, 0.1) is 0 Å². The van der Waals surface area contributed by atoms with Crippen LogP contribution in [0.5, 0.6) is 5.75 Å². The summed E-state index contributed by atoms with van der Waals surface area (Å²) < 4.78 is 36.9. The molecule has 2 N–H and O–H groups in total. The molecule has 1 aromatic heterocycles. The second kappa shape index (κ2) is 9.80. The van der Waals surface area contributed by atoms with Crippen molar-refractivity contribution in [3.8, 4) is 17.1 Å². The first kappa shape index (κ1) is 22.6. The number of benzene rings is 2. The van der Waals surface area contributed by atoms with E-state index in [4.69, 9.17) is 9.26 Å². The Balaban J connectivity index is 1.77. The van der Waals surface area contributed by atoms with Crippen molar-refractivity contribution in [3.63, 3.8) is 0 Å². The largest absolute Gasteiger partial charge is 0.494 e. The average molecular weight is 446 g/mol. The molecule has 166 valence electrons. The summed E-state index contributed by atoms with van der Waals surface area (Å²) in [4.78, 5) is 4.61. The van der Waals surface area contributed by atoms with Crippen LogP contribution in [-0.4, -0.2) is 50.1 Å². The molecular formula is C21H27N5O4S. The highest BCUT2D eigenvalue weighted by molar-refractivity contribution is 7.89. The Morgan fingerprint density at radius 2 is 1.77 bits per heavy atom. The molecule has 0 spiro atoms. The Bertz CT molecular complexity index is 1110. The van der Waals surface area contributed by atoms with Crippen molar-refractivity contribution in [2.24, 2.45) is 0 Å². The van der Waals surface area contributed by atoms with Crippen LogP contribution in [-0.2, 0) is 16.6 Å². The molecule has 0 amide bonds. The summed E-state index contributed by atoms with van der Waals surface area (Å²) in [6, 6.07) is 12.4. The molecule has 9 nitrogen and oxygen atoms in total. The smallest absolute Gasteiger partial charge is 0.246 e. The van der Waals surface area contributed by atoms with Crippen LogP contribution in [0.15, 0.2) is 51.9 Å². The molecule has 3 aromatic rings. The number of hydrogen-bond donors (Lipinski definition) is 2. The van der Waals surface area contributed by atoms with Crippen molar-refractivity contribution in [3.05, 3.63) is 48.4 Å². The second-order valence-corrected chi connectivity index (χ2v) is 9.00. The van der Waals surface area contributed by atoms with Crippen molar-refractivity contribution in [1.82, 2.24) is 14.4 Å². The molecule has 0 atom stereocenters. The molecule has 0 aliphatic carbocycles. The summed E-state index contributed by atoms with van der Waals surface area (Å²) in [5, 5.41) is 10.4. The van der Waals surface area contributed by atoms with Gasteiger partial charge in [-0.3, -0.25) is 0 Å². The standard InChI is InChI=1S/C21H27N5O4S/c1-5-22-18-12-11-17(31(27,28)26(3)4)13-19(18)23-14-20-24-21(25-30-20)15-7-9-16(10-8-15)29-6-2/h7-13,22-23H,5-6,14H2,1-4H3. The average Bonchev–Trinajstić information content (AvgIpc) is 3.23. The fraction of sp³-hybridized carbons (Fsp3) is 0.333. The zero-order valence-corrected chi connectivity index (χ0v) is 18.9. The number of aromatic nitrogens is 2. The third kappa shape index (κ3) is 5.33. The second-order valence-electron chi connectivity index (χ2n) is 6.85. The first-order valence-corrected chi connectivity index (χ1v) is 11.4. The summed E-state index contributed by atoms with van der Waals surface area (Å²) in [7, 11) is -0.547. The van der Waals surface area contributed by atoms with Gasteiger partial charge in [-0.1, -0.05) is 5.16 Å². The Hall–Kier alpha value is -3.11. The van der Waals surface area contributed by atoms with Crippen LogP contribution >= 0.6 is 0 Å². The van der Waals surface area contributed by atoms with Crippen molar-refractivity contribution in [2.45, 2.75) is 25.3 Å². The molecule has 0 bridgehead atoms. The topological polar surface area (TPSA) is 110 Å². The van der Waals surface area contributed by atoms with Gasteiger partial charge >= 0.3 is 0 Å². The maximum Gasteiger partial charge on any atom is 0.246 e. The lowest BCUT2D eigenvalue weighted by Crippen LogP contribution is -2.22. The minimum Gasteiger partial charge on any atom is -0.494 e. The fourth-order valence-electron chi connectivity index (χ4n) is 2.87. The van der Waals surface area contributed by atoms with Gasteiger partial charge in [0.15, 0.2) is 0 Å². The quantitative estimate of drug-likeness (QED) is 0.488. The maximum absolute atomic E-state index is 12.5. The van der Waals surface area contributed by atoms with E-state index in [1.807, 2.05) is 38.1 Å². The van der Waals surface area contributed by atoms with E-state index in [1.54, 1.807) is 18.2 Å². The highest BCUT2D eigenvalue weighted by Gasteiger charge is 2.19. The van der Waals surface area contributed by atoms with Crippen LogP contribution in [0.4, 0.5) is 11.4 Å². The predicted octanol–water partition coefficient (Wildman–Crippen LogP) is 3.43. The molecule has 0 saturated carbocycles. The van der Waals surface area contributed by atoms with E-state index >= 15 is 0 Å². The number of hydrogen-bond acceptors (Lipinski definition) is 8. The molecule has 0 unspecified atom stereocenters. The molecule has 2 aromatic carbocycles. The molecule has 31 heavy (non-hydrogen) atoms. The zero-order chi connectivity index (χ0) is 22.4. The molecule has 0 saturated heterocycles. The minimum absolute atomic E-state index is 0.197. The van der Waals surface area contributed by atoms with Gasteiger partial charge in [-0.05, 0) is 56.3 Å². The number of anilines is 2. The SMILES string of the molecule is CCNc1ccc(S(=O)(=O)N(C)C)cc1NCc1nc(-c2ccc(OCC)cc2)no1. The number of nitrogens with zero attached hydrogens (tertiary/aromatic N) is 3. The van der Waals surface area contributed by atoms with E-state index in [0.29, 0.717) is 30.6 Å². The summed E-state index contributed by atoms with van der Waals surface area (Å²) >= 11 is 0. The zero-order valence-electron chi connectivity index (χ0n) is 18.0. The lowest BCUT2D eigenvalue weighted by atomic mass is 10.2. The lowest BCUT2D eigenvalue weighted by molar-refractivity contribution is 0.340. The minimum atomic E-state index is -3.55. The van der Waals surface area contributed by atoms with E-state index in [9.17, 15) is 8.42 Å². The van der Waals surface area contributed by atoms with Gasteiger partial charge in [0.25, 0.3) is 0 Å². The van der Waals surface area contributed by atoms with Crippen LogP contribution in [0.25, 0.3) is 11.4 Å². The van der Waals surface area contributed by atoms with E-state index < -0.39 is 10.0 Å². The number of rotatable bonds is 10. The predicted molar refractivity (Wildman–Crippen MR) is 120 cm³/mol. The Morgan fingerprint density at radius 3 is 2.42 bits per heavy atom. The molecular weight excluding hydrogens is 418 g/mol. The van der Waals surface area contributed by atoms with Crippen LogP contribution in [0.3, 0.4) is 0 Å². The summed E-state index contributed by atoms with van der Waals surface area (Å²) in [5.41, 5.74) is 2.22. The molecule has 0 radical (unpaired) electrons. The maximum atomic E-state index is 12.5. The number of nitrogens with one attached hydrogen (secondary N) is 2. The van der Waals surface area contributed by atoms with Gasteiger partial charge in [0.1, 0.15) is 5.75 Å². The fourth-order valence-corrected chi connectivity index (χ4v) is 3.80. The van der Waals surface area contributed by atoms with E-state index in [-0.39, 0.29) is 11.4 Å². The Labute approximate surface area is 182 Å². The van der Waals surface area contributed by atoms with Gasteiger partial charge in [0.2, 0.25) is 21.7 Å². The summed E-state index contributed by atoms with van der Waals surface area (Å²) in [5.74, 6) is 1.63. The third-order valence-corrected chi connectivity index (χ3v) is 6.27. The van der Waals surface area contributed by atoms with Crippen molar-refractivity contribution in [1.29, 1.82) is 0 Å². The highest BCUT2D eigenvalue weighted by atomic mass is 32.2. The Morgan fingerprint density at radius 1 is 1.03 bits per heavy atom. The summed E-state index contributed by atoms with van der Waals surface area (Å²) in [6.07, 6.45) is 0. The van der Waals surface area contributed by atoms with Crippen LogP contribution in [0.1, 0.15) is 19.7 Å². The number of ether oxygens (including phenoxy) is 1. The molecule has 3 rings (SSSR count). The van der Waals surface area contributed by atoms with E-state index in [2.05, 4.69) is 20.8 Å². The van der Waals surface area contributed by atoms with Crippen LogP contribution in [0.2, 0.25) is 0 Å². The normalized spacial score (nSPS) is 11.5. The van der Waals surface area contributed by atoms with Gasteiger partial charge in [-0.25, -0.2) is 12.7 Å². The van der Waals surface area contributed by atoms with Gasteiger partial charge in [-0.2, -0.15) is 4.98 Å². The van der Waals surface area contributed by atoms with E-state index in [0.717, 1.165) is 17.0 Å². The number of sulfonamides is 1. The molecule has 10 heteroatoms. The lowest BCUT2D eigenvalue weighted by Gasteiger charge is -2.16.